The second kappa shape index (κ2) is 9.39. The first-order chi connectivity index (χ1) is 12.0. The summed E-state index contributed by atoms with van der Waals surface area (Å²) in [6.45, 7) is 4.71. The number of unbranched alkanes of at least 4 members (excludes halogenated alkanes) is 2. The molecule has 0 fully saturated rings. The van der Waals surface area contributed by atoms with Gasteiger partial charge in [-0.15, -0.1) is 0 Å². The third-order valence-electron chi connectivity index (χ3n) is 3.27. The maximum absolute atomic E-state index is 11.4. The fourth-order valence-electron chi connectivity index (χ4n) is 1.80. The molecule has 1 atom stereocenters. The lowest BCUT2D eigenvalue weighted by molar-refractivity contribution is -0.854. The molecule has 27 heavy (non-hydrogen) atoms. The van der Waals surface area contributed by atoms with Crippen LogP contribution >= 0.6 is 0 Å². The molecule has 0 radical (unpaired) electrons. The third-order valence-corrected chi connectivity index (χ3v) is 6.01. The standard InChI is InChI=1S/C11H20N.C2F6NO4S2/c1-3-4-6-9-12(2)10-7-5-8-11-12;3-1(4,5)14(10,11)9-15(12,13)2(6,7)8/h5,7-8,10H,3-4,6,9,11H2,1-2H3;/q+1;-1. The van der Waals surface area contributed by atoms with Crippen LogP contribution in [0.1, 0.15) is 26.2 Å². The topological polar surface area (TPSA) is 82.4 Å². The maximum atomic E-state index is 11.4. The molecule has 6 nitrogen and oxygen atoms in total. The van der Waals surface area contributed by atoms with Crippen molar-refractivity contribution in [2.24, 2.45) is 0 Å². The lowest BCUT2D eigenvalue weighted by atomic mass is 10.2. The van der Waals surface area contributed by atoms with E-state index in [1.165, 1.54) is 32.4 Å². The van der Waals surface area contributed by atoms with Crippen molar-refractivity contribution in [1.82, 2.24) is 0 Å². The lowest BCUT2D eigenvalue weighted by Crippen LogP contribution is -2.40. The fraction of sp³-hybridized carbons (Fsp3) is 0.692. The second-order valence-electron chi connectivity index (χ2n) is 5.78. The van der Waals surface area contributed by atoms with Gasteiger partial charge in [0.05, 0.1) is 19.8 Å². The summed E-state index contributed by atoms with van der Waals surface area (Å²) in [5.74, 6) is 0. The van der Waals surface area contributed by atoms with E-state index in [-0.39, 0.29) is 0 Å². The van der Waals surface area contributed by atoms with Gasteiger partial charge < -0.3 is 4.13 Å². The molecule has 0 amide bonds. The molecule has 0 N–H and O–H groups in total. The van der Waals surface area contributed by atoms with Crippen LogP contribution in [0.25, 0.3) is 4.13 Å². The first kappa shape index (κ1) is 25.9. The number of likely N-dealkylation sites (N-methyl/N-ethyl adjacent to an activating group) is 1. The van der Waals surface area contributed by atoms with E-state index >= 15 is 0 Å². The van der Waals surface area contributed by atoms with Crippen molar-refractivity contribution in [3.8, 4) is 0 Å². The van der Waals surface area contributed by atoms with E-state index in [9.17, 15) is 43.2 Å². The van der Waals surface area contributed by atoms with Crippen molar-refractivity contribution in [3.05, 3.63) is 28.6 Å². The van der Waals surface area contributed by atoms with Crippen molar-refractivity contribution in [2.75, 3.05) is 20.1 Å². The molecule has 0 aliphatic carbocycles. The van der Waals surface area contributed by atoms with Crippen LogP contribution in [0, 0.1) is 0 Å². The van der Waals surface area contributed by atoms with E-state index in [2.05, 4.69) is 38.4 Å². The summed E-state index contributed by atoms with van der Waals surface area (Å²) >= 11 is 0. The zero-order valence-electron chi connectivity index (χ0n) is 14.5. The van der Waals surface area contributed by atoms with Crippen LogP contribution in [0.3, 0.4) is 0 Å². The summed E-state index contributed by atoms with van der Waals surface area (Å²) in [5.41, 5.74) is -12.4. The Kier molecular flexibility index (Phi) is 9.00. The van der Waals surface area contributed by atoms with Gasteiger partial charge in [0.1, 0.15) is 6.54 Å². The Labute approximate surface area is 154 Å². The molecular weight excluding hydrogens is 426 g/mol. The Morgan fingerprint density at radius 3 is 1.74 bits per heavy atom. The van der Waals surface area contributed by atoms with Gasteiger partial charge in [-0.05, 0) is 25.0 Å². The Balaban J connectivity index is 0.000000511. The van der Waals surface area contributed by atoms with Gasteiger partial charge in [0.25, 0.3) is 0 Å². The summed E-state index contributed by atoms with van der Waals surface area (Å²) in [5, 5.41) is 0. The van der Waals surface area contributed by atoms with Gasteiger partial charge in [-0.25, -0.2) is 16.8 Å². The molecule has 1 aliphatic heterocycles. The zero-order valence-corrected chi connectivity index (χ0v) is 16.1. The summed E-state index contributed by atoms with van der Waals surface area (Å²) in [6.07, 6.45) is 12.9. The smallest absolute Gasteiger partial charge is 0.421 e. The summed E-state index contributed by atoms with van der Waals surface area (Å²) < 4.78 is 110. The third kappa shape index (κ3) is 8.62. The molecule has 0 aromatic heterocycles. The first-order valence-electron chi connectivity index (χ1n) is 7.53. The predicted molar refractivity (Wildman–Crippen MR) is 87.0 cm³/mol. The number of nitrogens with zero attached hydrogens (tertiary/aromatic N) is 2. The van der Waals surface area contributed by atoms with Crippen molar-refractivity contribution in [1.29, 1.82) is 0 Å². The summed E-state index contributed by atoms with van der Waals surface area (Å²) in [7, 11) is -11.1. The number of sulfonamides is 2. The van der Waals surface area contributed by atoms with Crippen molar-refractivity contribution in [3.63, 3.8) is 0 Å². The minimum absolute atomic E-state index is 0.778. The van der Waals surface area contributed by atoms with Crippen LogP contribution in [-0.4, -0.2) is 52.5 Å². The second-order valence-corrected chi connectivity index (χ2v) is 9.20. The molecule has 1 unspecified atom stereocenters. The van der Waals surface area contributed by atoms with Crippen molar-refractivity contribution < 1.29 is 47.7 Å². The average molecular weight is 446 g/mol. The summed E-state index contributed by atoms with van der Waals surface area (Å²) in [4.78, 5) is 0. The highest BCUT2D eigenvalue weighted by atomic mass is 32.3. The highest BCUT2D eigenvalue weighted by Crippen LogP contribution is 2.36. The average Bonchev–Trinajstić information content (AvgIpc) is 2.45. The van der Waals surface area contributed by atoms with E-state index in [1.807, 2.05) is 0 Å². The number of hydrogen-bond donors (Lipinski definition) is 0. The number of alkyl halides is 6. The highest BCUT2D eigenvalue weighted by molar-refractivity contribution is 8.13. The Hall–Kier alpha value is -1.12. The van der Waals surface area contributed by atoms with Crippen LogP contribution in [0.2, 0.25) is 0 Å². The molecule has 14 heteroatoms. The molecule has 0 saturated carbocycles. The van der Waals surface area contributed by atoms with Gasteiger partial charge in [-0.3, -0.25) is 4.48 Å². The van der Waals surface area contributed by atoms with Crippen LogP contribution < -0.4 is 0 Å². The Morgan fingerprint density at radius 1 is 0.926 bits per heavy atom. The van der Waals surface area contributed by atoms with Gasteiger partial charge in [0, 0.05) is 0 Å². The molecule has 0 spiro atoms. The molecule has 160 valence electrons. The molecule has 1 heterocycles. The first-order valence-corrected chi connectivity index (χ1v) is 10.4. The van der Waals surface area contributed by atoms with Crippen molar-refractivity contribution >= 4 is 20.0 Å². The van der Waals surface area contributed by atoms with E-state index in [1.54, 1.807) is 0 Å². The SMILES string of the molecule is CCCCC[N+]1(C)C=CC=CC1.O=S(=O)([N-]S(=O)(=O)C(F)(F)F)C(F)(F)F. The Morgan fingerprint density at radius 2 is 1.41 bits per heavy atom. The van der Waals surface area contributed by atoms with Gasteiger partial charge in [0.15, 0.2) is 20.0 Å². The van der Waals surface area contributed by atoms with E-state index in [4.69, 9.17) is 0 Å². The van der Waals surface area contributed by atoms with Gasteiger partial charge in [-0.2, -0.15) is 26.3 Å². The van der Waals surface area contributed by atoms with Gasteiger partial charge >= 0.3 is 11.0 Å². The number of allylic oxidation sites excluding steroid dienone is 2. The minimum Gasteiger partial charge on any atom is -0.421 e. The quantitative estimate of drug-likeness (QED) is 0.353. The number of rotatable bonds is 6. The van der Waals surface area contributed by atoms with Crippen LogP contribution in [0.5, 0.6) is 0 Å². The highest BCUT2D eigenvalue weighted by Gasteiger charge is 2.46. The van der Waals surface area contributed by atoms with Crippen molar-refractivity contribution in [2.45, 2.75) is 37.2 Å². The van der Waals surface area contributed by atoms with E-state index in [0.717, 1.165) is 8.61 Å². The predicted octanol–water partition coefficient (Wildman–Crippen LogP) is 3.77. The number of quaternary nitrogens is 1. The fourth-order valence-corrected chi connectivity index (χ4v) is 3.51. The van der Waals surface area contributed by atoms with E-state index < -0.39 is 31.1 Å². The molecule has 0 aromatic carbocycles. The van der Waals surface area contributed by atoms with Crippen LogP contribution in [-0.2, 0) is 20.0 Å². The van der Waals surface area contributed by atoms with Gasteiger partial charge in [0.2, 0.25) is 0 Å². The minimum atomic E-state index is -6.72. The molecule has 0 bridgehead atoms. The molecule has 1 rings (SSSR count). The Bertz CT molecular complexity index is 700. The number of halogens is 6. The summed E-state index contributed by atoms with van der Waals surface area (Å²) in [6, 6.07) is 0. The lowest BCUT2D eigenvalue weighted by Gasteiger charge is -2.30. The van der Waals surface area contributed by atoms with Crippen LogP contribution in [0.15, 0.2) is 24.4 Å². The molecular formula is C13H20F6N2O4S2. The molecule has 0 aromatic rings. The molecule has 0 saturated heterocycles. The number of hydrogen-bond acceptors (Lipinski definition) is 4. The van der Waals surface area contributed by atoms with Crippen LogP contribution in [0.4, 0.5) is 26.3 Å². The van der Waals surface area contributed by atoms with E-state index in [0.29, 0.717) is 0 Å². The largest absolute Gasteiger partial charge is 0.480 e. The molecule has 1 aliphatic rings. The van der Waals surface area contributed by atoms with Gasteiger partial charge in [-0.1, -0.05) is 19.4 Å². The zero-order chi connectivity index (χ0) is 21.6. The normalized spacial score (nSPS) is 20.9. The monoisotopic (exact) mass is 446 g/mol. The maximum Gasteiger partial charge on any atom is 0.480 e.